The summed E-state index contributed by atoms with van der Waals surface area (Å²) in [7, 11) is -3.23. The summed E-state index contributed by atoms with van der Waals surface area (Å²) in [5.41, 5.74) is 6.32. The monoisotopic (exact) mass is 282 g/mol. The summed E-state index contributed by atoms with van der Waals surface area (Å²) in [6, 6.07) is 6.63. The Hall–Kier alpha value is -1.74. The molecule has 1 rings (SSSR count). The van der Waals surface area contributed by atoms with Crippen LogP contribution in [0, 0.1) is 11.3 Å². The van der Waals surface area contributed by atoms with E-state index in [0.29, 0.717) is 17.0 Å². The van der Waals surface area contributed by atoms with E-state index in [2.05, 4.69) is 0 Å². The maximum absolute atomic E-state index is 11.9. The molecule has 0 amide bonds. The predicted molar refractivity (Wildman–Crippen MR) is 74.6 cm³/mol. The largest absolute Gasteiger partial charge is 0.491 e. The van der Waals surface area contributed by atoms with Gasteiger partial charge in [0.1, 0.15) is 18.4 Å². The number of hydrogen-bond acceptors (Lipinski definition) is 5. The lowest BCUT2D eigenvalue weighted by Crippen LogP contribution is -2.32. The minimum atomic E-state index is -3.23. The van der Waals surface area contributed by atoms with E-state index in [1.54, 1.807) is 32.9 Å². The van der Waals surface area contributed by atoms with Gasteiger partial charge < -0.3 is 10.5 Å². The third-order valence-electron chi connectivity index (χ3n) is 2.67. The molecule has 19 heavy (non-hydrogen) atoms. The Morgan fingerprint density at radius 3 is 2.53 bits per heavy atom. The number of rotatable bonds is 4. The summed E-state index contributed by atoms with van der Waals surface area (Å²) in [4.78, 5) is 0. The maximum Gasteiger partial charge on any atom is 0.158 e. The molecule has 0 bridgehead atoms. The van der Waals surface area contributed by atoms with Crippen LogP contribution in [0.15, 0.2) is 18.2 Å². The number of nitrogens with zero attached hydrogens (tertiary/aromatic N) is 1. The van der Waals surface area contributed by atoms with Gasteiger partial charge in [-0.3, -0.25) is 0 Å². The molecule has 0 saturated carbocycles. The van der Waals surface area contributed by atoms with Crippen molar-refractivity contribution in [2.75, 3.05) is 18.1 Å². The van der Waals surface area contributed by atoms with E-state index in [1.165, 1.54) is 6.07 Å². The van der Waals surface area contributed by atoms with Crippen molar-refractivity contribution in [3.8, 4) is 11.8 Å². The van der Waals surface area contributed by atoms with Crippen molar-refractivity contribution in [1.82, 2.24) is 0 Å². The zero-order chi connectivity index (χ0) is 14.7. The Balaban J connectivity index is 2.73. The minimum Gasteiger partial charge on any atom is -0.491 e. The van der Waals surface area contributed by atoms with Crippen LogP contribution in [0.1, 0.15) is 26.3 Å². The number of hydrogen-bond donors (Lipinski definition) is 1. The lowest BCUT2D eigenvalue weighted by molar-refractivity contribution is 0.339. The van der Waals surface area contributed by atoms with E-state index in [0.717, 1.165) is 0 Å². The zero-order valence-electron chi connectivity index (χ0n) is 11.3. The van der Waals surface area contributed by atoms with Gasteiger partial charge in [-0.15, -0.1) is 0 Å². The lowest BCUT2D eigenvalue weighted by Gasteiger charge is -2.19. The molecule has 0 unspecified atom stereocenters. The molecule has 1 aromatic carbocycles. The first-order valence-electron chi connectivity index (χ1n) is 5.82. The Labute approximate surface area is 113 Å². The standard InChI is InChI=1S/C13H18N2O3S/c1-13(2,3)19(16,17)7-6-18-12-5-4-11(15)8-10(12)9-14/h4-5,8H,6-7,15H2,1-3H3. The maximum atomic E-state index is 11.9. The van der Waals surface area contributed by atoms with Gasteiger partial charge in [0.15, 0.2) is 9.84 Å². The predicted octanol–water partition coefficient (Wildman–Crippen LogP) is 1.73. The molecular formula is C13H18N2O3S. The quantitative estimate of drug-likeness (QED) is 0.849. The van der Waals surface area contributed by atoms with E-state index >= 15 is 0 Å². The van der Waals surface area contributed by atoms with Gasteiger partial charge in [0, 0.05) is 5.69 Å². The van der Waals surface area contributed by atoms with Crippen molar-refractivity contribution in [3.63, 3.8) is 0 Å². The number of nitrogens with two attached hydrogens (primary N) is 1. The Morgan fingerprint density at radius 2 is 2.00 bits per heavy atom. The molecule has 6 heteroatoms. The third-order valence-corrected chi connectivity index (χ3v) is 5.24. The fourth-order valence-electron chi connectivity index (χ4n) is 1.33. The number of benzene rings is 1. The number of nitrogen functional groups attached to an aromatic ring is 1. The Kier molecular flexibility index (Phi) is 4.43. The summed E-state index contributed by atoms with van der Waals surface area (Å²) >= 11 is 0. The van der Waals surface area contributed by atoms with E-state index in [1.807, 2.05) is 6.07 Å². The van der Waals surface area contributed by atoms with Crippen LogP contribution in [0.4, 0.5) is 5.69 Å². The second kappa shape index (κ2) is 5.49. The van der Waals surface area contributed by atoms with Gasteiger partial charge in [-0.2, -0.15) is 5.26 Å². The molecule has 0 atom stereocenters. The SMILES string of the molecule is CC(C)(C)S(=O)(=O)CCOc1ccc(N)cc1C#N. The molecule has 0 spiro atoms. The van der Waals surface area contributed by atoms with Crippen LogP contribution in [0.3, 0.4) is 0 Å². The summed E-state index contributed by atoms with van der Waals surface area (Å²) in [5, 5.41) is 8.93. The highest BCUT2D eigenvalue weighted by atomic mass is 32.2. The van der Waals surface area contributed by atoms with Gasteiger partial charge in [0.25, 0.3) is 0 Å². The summed E-state index contributed by atoms with van der Waals surface area (Å²) in [6.45, 7) is 4.95. The van der Waals surface area contributed by atoms with Gasteiger partial charge in [0.05, 0.1) is 16.1 Å². The van der Waals surface area contributed by atoms with Crippen molar-refractivity contribution >= 4 is 15.5 Å². The van der Waals surface area contributed by atoms with Gasteiger partial charge in [0.2, 0.25) is 0 Å². The highest BCUT2D eigenvalue weighted by Crippen LogP contribution is 2.21. The molecule has 0 aliphatic heterocycles. The molecule has 0 fully saturated rings. The fourth-order valence-corrected chi connectivity index (χ4v) is 2.24. The summed E-state index contributed by atoms with van der Waals surface area (Å²) < 4.78 is 28.3. The fraction of sp³-hybridized carbons (Fsp3) is 0.462. The molecule has 0 aliphatic rings. The molecule has 0 heterocycles. The van der Waals surface area contributed by atoms with E-state index in [4.69, 9.17) is 15.7 Å². The minimum absolute atomic E-state index is 0.0121. The van der Waals surface area contributed by atoms with Crippen molar-refractivity contribution in [2.45, 2.75) is 25.5 Å². The highest BCUT2D eigenvalue weighted by molar-refractivity contribution is 7.92. The van der Waals surface area contributed by atoms with Gasteiger partial charge in [-0.25, -0.2) is 8.42 Å². The molecule has 1 aromatic rings. The van der Waals surface area contributed by atoms with Crippen molar-refractivity contribution in [2.24, 2.45) is 0 Å². The number of anilines is 1. The molecule has 0 saturated heterocycles. The molecule has 0 aromatic heterocycles. The molecular weight excluding hydrogens is 264 g/mol. The van der Waals surface area contributed by atoms with Crippen LogP contribution in [-0.4, -0.2) is 25.5 Å². The normalized spacial score (nSPS) is 11.9. The van der Waals surface area contributed by atoms with Gasteiger partial charge in [-0.1, -0.05) is 0 Å². The van der Waals surface area contributed by atoms with Crippen LogP contribution in [0.2, 0.25) is 0 Å². The smallest absolute Gasteiger partial charge is 0.158 e. The summed E-state index contributed by atoms with van der Waals surface area (Å²) in [6.07, 6.45) is 0. The average Bonchev–Trinajstić information content (AvgIpc) is 2.29. The lowest BCUT2D eigenvalue weighted by atomic mass is 10.2. The first-order chi connectivity index (χ1) is 8.67. The van der Waals surface area contributed by atoms with Crippen molar-refractivity contribution in [1.29, 1.82) is 5.26 Å². The Morgan fingerprint density at radius 1 is 1.37 bits per heavy atom. The first-order valence-corrected chi connectivity index (χ1v) is 7.47. The average molecular weight is 282 g/mol. The third kappa shape index (κ3) is 3.86. The molecule has 0 aliphatic carbocycles. The van der Waals surface area contributed by atoms with Crippen LogP contribution < -0.4 is 10.5 Å². The number of sulfone groups is 1. The van der Waals surface area contributed by atoms with Gasteiger partial charge in [-0.05, 0) is 39.0 Å². The van der Waals surface area contributed by atoms with Crippen LogP contribution in [-0.2, 0) is 9.84 Å². The van der Waals surface area contributed by atoms with Crippen LogP contribution in [0.25, 0.3) is 0 Å². The van der Waals surface area contributed by atoms with Crippen LogP contribution >= 0.6 is 0 Å². The summed E-state index contributed by atoms with van der Waals surface area (Å²) in [5.74, 6) is 0.256. The van der Waals surface area contributed by atoms with E-state index < -0.39 is 14.6 Å². The second-order valence-corrected chi connectivity index (χ2v) is 8.01. The molecule has 104 valence electrons. The van der Waals surface area contributed by atoms with E-state index in [9.17, 15) is 8.42 Å². The zero-order valence-corrected chi connectivity index (χ0v) is 12.1. The topological polar surface area (TPSA) is 93.2 Å². The van der Waals surface area contributed by atoms with Crippen molar-refractivity contribution < 1.29 is 13.2 Å². The number of ether oxygens (including phenoxy) is 1. The Bertz CT molecular complexity index is 595. The molecule has 5 nitrogen and oxygen atoms in total. The molecule has 0 radical (unpaired) electrons. The van der Waals surface area contributed by atoms with E-state index in [-0.39, 0.29) is 12.4 Å². The van der Waals surface area contributed by atoms with Crippen molar-refractivity contribution in [3.05, 3.63) is 23.8 Å². The highest BCUT2D eigenvalue weighted by Gasteiger charge is 2.28. The molecule has 2 N–H and O–H groups in total. The second-order valence-electron chi connectivity index (χ2n) is 5.15. The number of nitriles is 1. The van der Waals surface area contributed by atoms with Crippen LogP contribution in [0.5, 0.6) is 5.75 Å². The van der Waals surface area contributed by atoms with Gasteiger partial charge >= 0.3 is 0 Å². The first kappa shape index (κ1) is 15.3.